The van der Waals surface area contributed by atoms with Crippen molar-refractivity contribution in [3.63, 3.8) is 0 Å². The number of benzene rings is 2. The van der Waals surface area contributed by atoms with Crippen molar-refractivity contribution in [2.75, 3.05) is 13.2 Å². The van der Waals surface area contributed by atoms with Crippen LogP contribution in [0.2, 0.25) is 0 Å². The first-order valence-electron chi connectivity index (χ1n) is 13.4. The molecule has 0 bridgehead atoms. The van der Waals surface area contributed by atoms with Crippen LogP contribution >= 0.6 is 0 Å². The Hall–Kier alpha value is -2.53. The van der Waals surface area contributed by atoms with Gasteiger partial charge in [0.05, 0.1) is 18.8 Å². The van der Waals surface area contributed by atoms with Gasteiger partial charge >= 0.3 is 6.16 Å². The van der Waals surface area contributed by atoms with Crippen LogP contribution in [-0.4, -0.2) is 30.6 Å². The maximum absolute atomic E-state index is 11.9. The van der Waals surface area contributed by atoms with Gasteiger partial charge in [0.1, 0.15) is 11.9 Å². The van der Waals surface area contributed by atoms with E-state index in [0.29, 0.717) is 32.3 Å². The molecule has 1 N–H and O–H groups in total. The van der Waals surface area contributed by atoms with Crippen LogP contribution < -0.4 is 4.74 Å². The summed E-state index contributed by atoms with van der Waals surface area (Å²) in [5.41, 5.74) is 2.25. The van der Waals surface area contributed by atoms with E-state index in [1.165, 1.54) is 19.3 Å². The molecule has 0 aromatic heterocycles. The van der Waals surface area contributed by atoms with Gasteiger partial charge in [0.15, 0.2) is 0 Å². The molecule has 0 heterocycles. The van der Waals surface area contributed by atoms with Gasteiger partial charge in [0.2, 0.25) is 0 Å². The largest absolute Gasteiger partial charge is 0.508 e. The third-order valence-electron chi connectivity index (χ3n) is 6.87. The second-order valence-electron chi connectivity index (χ2n) is 9.67. The molecule has 35 heavy (non-hydrogen) atoms. The van der Waals surface area contributed by atoms with Gasteiger partial charge in [0.25, 0.3) is 0 Å². The van der Waals surface area contributed by atoms with Crippen LogP contribution in [0.3, 0.4) is 0 Å². The fraction of sp³-hybridized carbons (Fsp3) is 0.567. The number of ether oxygens (including phenoxy) is 3. The van der Waals surface area contributed by atoms with E-state index in [2.05, 4.69) is 38.1 Å². The zero-order valence-corrected chi connectivity index (χ0v) is 21.5. The minimum atomic E-state index is -0.890. The van der Waals surface area contributed by atoms with Crippen LogP contribution in [0.4, 0.5) is 4.79 Å². The number of unbranched alkanes of at least 4 members (excludes halogenated alkanes) is 5. The topological polar surface area (TPSA) is 65.0 Å². The second-order valence-corrected chi connectivity index (χ2v) is 9.67. The fourth-order valence-electron chi connectivity index (χ4n) is 4.59. The van der Waals surface area contributed by atoms with Gasteiger partial charge in [-0.3, -0.25) is 0 Å². The third kappa shape index (κ3) is 8.57. The molecule has 0 amide bonds. The van der Waals surface area contributed by atoms with E-state index in [9.17, 15) is 9.90 Å². The van der Waals surface area contributed by atoms with Crippen molar-refractivity contribution in [2.45, 2.75) is 96.2 Å². The molecule has 1 aliphatic carbocycles. The molecule has 5 heteroatoms. The molecule has 0 spiro atoms. The van der Waals surface area contributed by atoms with Crippen molar-refractivity contribution >= 4 is 6.16 Å². The number of carbonyl (C=O) groups excluding carboxylic acids is 1. The molecule has 3 rings (SSSR count). The Morgan fingerprint density at radius 1 is 0.829 bits per heavy atom. The van der Waals surface area contributed by atoms with E-state index >= 15 is 0 Å². The number of hydrogen-bond acceptors (Lipinski definition) is 5. The van der Waals surface area contributed by atoms with E-state index in [1.54, 1.807) is 0 Å². The summed E-state index contributed by atoms with van der Waals surface area (Å²) >= 11 is 0. The summed E-state index contributed by atoms with van der Waals surface area (Å²) in [7, 11) is 0. The Balaban J connectivity index is 1.46. The minimum absolute atomic E-state index is 0.194. The molecule has 2 aromatic rings. The van der Waals surface area contributed by atoms with Crippen LogP contribution in [0.1, 0.15) is 90.0 Å². The molecular formula is C30H42O5. The number of carbonyl (C=O) groups is 1. The molecule has 1 saturated carbocycles. The molecule has 0 saturated heterocycles. The average Bonchev–Trinajstić information content (AvgIpc) is 2.88. The van der Waals surface area contributed by atoms with Crippen molar-refractivity contribution in [1.29, 1.82) is 0 Å². The molecule has 0 aliphatic heterocycles. The number of hydrogen-bond donors (Lipinski definition) is 1. The monoisotopic (exact) mass is 482 g/mol. The molecule has 5 nitrogen and oxygen atoms in total. The van der Waals surface area contributed by atoms with Crippen molar-refractivity contribution in [2.24, 2.45) is 0 Å². The molecule has 0 unspecified atom stereocenters. The normalized spacial score (nSPS) is 19.8. The lowest BCUT2D eigenvalue weighted by molar-refractivity contribution is -0.0538. The highest BCUT2D eigenvalue weighted by Gasteiger charge is 2.36. The fourth-order valence-corrected chi connectivity index (χ4v) is 4.59. The van der Waals surface area contributed by atoms with Crippen LogP contribution in [-0.2, 0) is 15.1 Å². The summed E-state index contributed by atoms with van der Waals surface area (Å²) in [6, 6.07) is 16.3. The van der Waals surface area contributed by atoms with Crippen LogP contribution in [0.15, 0.2) is 48.5 Å². The lowest BCUT2D eigenvalue weighted by Crippen LogP contribution is -2.35. The van der Waals surface area contributed by atoms with Crippen LogP contribution in [0.25, 0.3) is 11.1 Å². The first-order valence-corrected chi connectivity index (χ1v) is 13.4. The highest BCUT2D eigenvalue weighted by Crippen LogP contribution is 2.39. The predicted octanol–water partition coefficient (Wildman–Crippen LogP) is 7.79. The van der Waals surface area contributed by atoms with Crippen molar-refractivity contribution in [1.82, 2.24) is 0 Å². The Bertz CT molecular complexity index is 867. The summed E-state index contributed by atoms with van der Waals surface area (Å²) < 4.78 is 16.4. The SMILES string of the molecule is CCCCCCOc1ccc(-c2ccc(C3(O)CCC(OC(=O)OCCCCC)CC3)cc2)cc1. The van der Waals surface area contributed by atoms with Gasteiger partial charge < -0.3 is 19.3 Å². The summed E-state index contributed by atoms with van der Waals surface area (Å²) in [6.45, 7) is 5.49. The van der Waals surface area contributed by atoms with Crippen molar-refractivity contribution in [3.8, 4) is 16.9 Å². The highest BCUT2D eigenvalue weighted by molar-refractivity contribution is 5.64. The first-order chi connectivity index (χ1) is 17.0. The third-order valence-corrected chi connectivity index (χ3v) is 6.87. The van der Waals surface area contributed by atoms with E-state index in [1.807, 2.05) is 24.3 Å². The summed E-state index contributed by atoms with van der Waals surface area (Å²) in [5.74, 6) is 0.903. The van der Waals surface area contributed by atoms with Gasteiger partial charge in [-0.05, 0) is 67.3 Å². The lowest BCUT2D eigenvalue weighted by Gasteiger charge is -2.36. The quantitative estimate of drug-likeness (QED) is 0.233. The summed E-state index contributed by atoms with van der Waals surface area (Å²) in [4.78, 5) is 11.9. The van der Waals surface area contributed by atoms with Gasteiger partial charge in [-0.25, -0.2) is 4.79 Å². The van der Waals surface area contributed by atoms with E-state index in [-0.39, 0.29) is 6.10 Å². The number of aliphatic hydroxyl groups is 1. The zero-order chi connectivity index (χ0) is 24.9. The lowest BCUT2D eigenvalue weighted by atomic mass is 9.78. The van der Waals surface area contributed by atoms with E-state index in [4.69, 9.17) is 14.2 Å². The van der Waals surface area contributed by atoms with Crippen LogP contribution in [0, 0.1) is 0 Å². The van der Waals surface area contributed by atoms with Gasteiger partial charge in [-0.1, -0.05) is 82.3 Å². The molecule has 0 atom stereocenters. The summed E-state index contributed by atoms with van der Waals surface area (Å²) in [6.07, 6.45) is 9.38. The molecular weight excluding hydrogens is 440 g/mol. The maximum atomic E-state index is 11.9. The second kappa shape index (κ2) is 14.1. The van der Waals surface area contributed by atoms with Crippen molar-refractivity contribution in [3.05, 3.63) is 54.1 Å². The standard InChI is InChI=1S/C30H42O5/c1-3-5-7-9-22-33-27-16-12-25(13-17-27)24-10-14-26(15-11-24)30(32)20-18-28(19-21-30)35-29(31)34-23-8-6-4-2/h10-17,28,32H,3-9,18-23H2,1-2H3. The zero-order valence-electron chi connectivity index (χ0n) is 21.5. The maximum Gasteiger partial charge on any atom is 0.508 e. The Kier molecular flexibility index (Phi) is 10.9. The summed E-state index contributed by atoms with van der Waals surface area (Å²) in [5, 5.41) is 11.2. The predicted molar refractivity (Wildman–Crippen MR) is 140 cm³/mol. The van der Waals surface area contributed by atoms with Gasteiger partial charge in [-0.2, -0.15) is 0 Å². The van der Waals surface area contributed by atoms with Gasteiger partial charge in [0, 0.05) is 0 Å². The average molecular weight is 483 g/mol. The molecule has 0 radical (unpaired) electrons. The molecule has 2 aromatic carbocycles. The first kappa shape index (κ1) is 27.1. The smallest absolute Gasteiger partial charge is 0.494 e. The van der Waals surface area contributed by atoms with Gasteiger partial charge in [-0.15, -0.1) is 0 Å². The number of rotatable bonds is 13. The minimum Gasteiger partial charge on any atom is -0.494 e. The molecule has 1 aliphatic rings. The highest BCUT2D eigenvalue weighted by atomic mass is 16.7. The molecule has 192 valence electrons. The Morgan fingerprint density at radius 2 is 1.40 bits per heavy atom. The van der Waals surface area contributed by atoms with E-state index in [0.717, 1.165) is 54.7 Å². The molecule has 1 fully saturated rings. The Labute approximate surface area is 210 Å². The van der Waals surface area contributed by atoms with Crippen LogP contribution in [0.5, 0.6) is 5.75 Å². The van der Waals surface area contributed by atoms with Crippen molar-refractivity contribution < 1.29 is 24.1 Å². The van der Waals surface area contributed by atoms with E-state index < -0.39 is 11.8 Å². The Morgan fingerprint density at radius 3 is 2.03 bits per heavy atom.